The molecule has 1 saturated heterocycles. The van der Waals surface area contributed by atoms with Crippen LogP contribution in [0.5, 0.6) is 0 Å². The highest BCUT2D eigenvalue weighted by molar-refractivity contribution is 9.09. The number of benzene rings is 1. The average Bonchev–Trinajstić information content (AvgIpc) is 2.49. The Labute approximate surface area is 130 Å². The van der Waals surface area contributed by atoms with Gasteiger partial charge in [0, 0.05) is 38.2 Å². The standard InChI is InChI=1S/C16H24BrNO2/c17-13-16(6-10-20-11-7-16)14-18(8-9-19)12-15-4-2-1-3-5-15/h1-5,19H,6-14H2. The van der Waals surface area contributed by atoms with Crippen molar-refractivity contribution in [3.8, 4) is 0 Å². The molecule has 0 saturated carbocycles. The topological polar surface area (TPSA) is 32.7 Å². The normalized spacial score (nSPS) is 18.4. The van der Waals surface area contributed by atoms with Crippen molar-refractivity contribution in [1.29, 1.82) is 0 Å². The first-order valence-corrected chi connectivity index (χ1v) is 8.41. The van der Waals surface area contributed by atoms with E-state index in [1.165, 1.54) is 5.56 Å². The smallest absolute Gasteiger partial charge is 0.0558 e. The predicted octanol–water partition coefficient (Wildman–Crippen LogP) is 2.67. The van der Waals surface area contributed by atoms with E-state index in [2.05, 4.69) is 45.1 Å². The maximum atomic E-state index is 9.32. The van der Waals surface area contributed by atoms with Crippen LogP contribution in [0.4, 0.5) is 0 Å². The van der Waals surface area contributed by atoms with Gasteiger partial charge in [0.1, 0.15) is 0 Å². The van der Waals surface area contributed by atoms with Crippen molar-refractivity contribution in [2.45, 2.75) is 19.4 Å². The van der Waals surface area contributed by atoms with Crippen molar-refractivity contribution >= 4 is 15.9 Å². The second kappa shape index (κ2) is 8.13. The first kappa shape index (κ1) is 16.0. The molecule has 0 aliphatic carbocycles. The lowest BCUT2D eigenvalue weighted by Gasteiger charge is -2.39. The zero-order chi connectivity index (χ0) is 14.3. The highest BCUT2D eigenvalue weighted by Crippen LogP contribution is 2.33. The Morgan fingerprint density at radius 3 is 2.50 bits per heavy atom. The van der Waals surface area contributed by atoms with Crippen LogP contribution in [-0.4, -0.2) is 48.2 Å². The zero-order valence-electron chi connectivity index (χ0n) is 11.9. The van der Waals surface area contributed by atoms with Gasteiger partial charge in [-0.15, -0.1) is 0 Å². The molecule has 0 amide bonds. The van der Waals surface area contributed by atoms with E-state index < -0.39 is 0 Å². The number of hydrogen-bond acceptors (Lipinski definition) is 3. The molecule has 1 aromatic rings. The fourth-order valence-electron chi connectivity index (χ4n) is 2.81. The van der Waals surface area contributed by atoms with Gasteiger partial charge in [-0.25, -0.2) is 0 Å². The van der Waals surface area contributed by atoms with E-state index in [4.69, 9.17) is 4.74 Å². The number of ether oxygens (including phenoxy) is 1. The van der Waals surface area contributed by atoms with Crippen molar-refractivity contribution in [3.05, 3.63) is 35.9 Å². The summed E-state index contributed by atoms with van der Waals surface area (Å²) < 4.78 is 5.50. The predicted molar refractivity (Wildman–Crippen MR) is 85.1 cm³/mol. The van der Waals surface area contributed by atoms with E-state index in [1.54, 1.807) is 0 Å². The zero-order valence-corrected chi connectivity index (χ0v) is 13.5. The summed E-state index contributed by atoms with van der Waals surface area (Å²) in [7, 11) is 0. The first-order chi connectivity index (χ1) is 9.78. The molecule has 0 spiro atoms. The molecular formula is C16H24BrNO2. The van der Waals surface area contributed by atoms with Crippen LogP contribution in [0.3, 0.4) is 0 Å². The summed E-state index contributed by atoms with van der Waals surface area (Å²) in [6, 6.07) is 10.5. The number of alkyl halides is 1. The molecule has 4 heteroatoms. The lowest BCUT2D eigenvalue weighted by atomic mass is 9.81. The molecule has 0 aromatic heterocycles. The SMILES string of the molecule is OCCN(Cc1ccccc1)CC1(CBr)CCOCC1. The molecule has 0 unspecified atom stereocenters. The molecule has 1 aromatic carbocycles. The molecule has 0 bridgehead atoms. The molecule has 1 aliphatic rings. The summed E-state index contributed by atoms with van der Waals surface area (Å²) in [5, 5.41) is 10.3. The van der Waals surface area contributed by atoms with Crippen molar-refractivity contribution in [2.75, 3.05) is 38.2 Å². The third-order valence-corrected chi connectivity index (χ3v) is 5.25. The maximum Gasteiger partial charge on any atom is 0.0558 e. The van der Waals surface area contributed by atoms with E-state index in [-0.39, 0.29) is 12.0 Å². The van der Waals surface area contributed by atoms with Crippen molar-refractivity contribution < 1.29 is 9.84 Å². The van der Waals surface area contributed by atoms with Gasteiger partial charge in [-0.2, -0.15) is 0 Å². The van der Waals surface area contributed by atoms with Crippen LogP contribution in [0.25, 0.3) is 0 Å². The summed E-state index contributed by atoms with van der Waals surface area (Å²) in [6.45, 7) is 4.55. The van der Waals surface area contributed by atoms with Gasteiger partial charge in [0.2, 0.25) is 0 Å². The molecule has 3 nitrogen and oxygen atoms in total. The molecule has 1 N–H and O–H groups in total. The minimum atomic E-state index is 0.210. The average molecular weight is 342 g/mol. The van der Waals surface area contributed by atoms with Gasteiger partial charge in [-0.1, -0.05) is 46.3 Å². The molecule has 0 radical (unpaired) electrons. The van der Waals surface area contributed by atoms with Gasteiger partial charge < -0.3 is 9.84 Å². The van der Waals surface area contributed by atoms with Crippen LogP contribution in [0.15, 0.2) is 30.3 Å². The number of halogens is 1. The Balaban J connectivity index is 2.00. The fourth-order valence-corrected chi connectivity index (χ4v) is 3.55. The number of aliphatic hydroxyl groups is 1. The van der Waals surface area contributed by atoms with Crippen molar-refractivity contribution in [3.63, 3.8) is 0 Å². The van der Waals surface area contributed by atoms with Crippen molar-refractivity contribution in [2.24, 2.45) is 5.41 Å². The molecule has 2 rings (SSSR count). The van der Waals surface area contributed by atoms with Gasteiger partial charge in [0.15, 0.2) is 0 Å². The van der Waals surface area contributed by atoms with Crippen LogP contribution in [0.2, 0.25) is 0 Å². The van der Waals surface area contributed by atoms with E-state index in [9.17, 15) is 5.11 Å². The van der Waals surface area contributed by atoms with Crippen LogP contribution in [0.1, 0.15) is 18.4 Å². The largest absolute Gasteiger partial charge is 0.395 e. The lowest BCUT2D eigenvalue weighted by Crippen LogP contribution is -2.43. The van der Waals surface area contributed by atoms with Crippen LogP contribution < -0.4 is 0 Å². The van der Waals surface area contributed by atoms with Gasteiger partial charge >= 0.3 is 0 Å². The summed E-state index contributed by atoms with van der Waals surface area (Å²) in [5.74, 6) is 0. The van der Waals surface area contributed by atoms with Gasteiger partial charge in [0.25, 0.3) is 0 Å². The third kappa shape index (κ3) is 4.55. The molecule has 20 heavy (non-hydrogen) atoms. The summed E-state index contributed by atoms with van der Waals surface area (Å²) >= 11 is 3.69. The minimum absolute atomic E-state index is 0.210. The Bertz CT molecular complexity index is 379. The molecule has 112 valence electrons. The van der Waals surface area contributed by atoms with Crippen LogP contribution >= 0.6 is 15.9 Å². The highest BCUT2D eigenvalue weighted by Gasteiger charge is 2.33. The number of aliphatic hydroxyl groups excluding tert-OH is 1. The monoisotopic (exact) mass is 341 g/mol. The maximum absolute atomic E-state index is 9.32. The lowest BCUT2D eigenvalue weighted by molar-refractivity contribution is 0.00441. The third-order valence-electron chi connectivity index (χ3n) is 4.06. The Morgan fingerprint density at radius 1 is 1.20 bits per heavy atom. The van der Waals surface area contributed by atoms with Gasteiger partial charge in [-0.05, 0) is 23.8 Å². The minimum Gasteiger partial charge on any atom is -0.395 e. The summed E-state index contributed by atoms with van der Waals surface area (Å²) in [6.07, 6.45) is 2.18. The number of hydrogen-bond donors (Lipinski definition) is 1. The Hall–Kier alpha value is -0.420. The van der Waals surface area contributed by atoms with E-state index in [0.717, 1.165) is 51.0 Å². The van der Waals surface area contributed by atoms with E-state index >= 15 is 0 Å². The quantitative estimate of drug-likeness (QED) is 0.774. The molecule has 0 atom stereocenters. The van der Waals surface area contributed by atoms with Gasteiger partial charge in [-0.3, -0.25) is 4.90 Å². The van der Waals surface area contributed by atoms with E-state index in [0.29, 0.717) is 0 Å². The van der Waals surface area contributed by atoms with Crippen molar-refractivity contribution in [1.82, 2.24) is 4.90 Å². The Morgan fingerprint density at radius 2 is 1.90 bits per heavy atom. The highest BCUT2D eigenvalue weighted by atomic mass is 79.9. The molecule has 1 fully saturated rings. The van der Waals surface area contributed by atoms with Crippen LogP contribution in [-0.2, 0) is 11.3 Å². The Kier molecular flexibility index (Phi) is 6.49. The molecule has 1 heterocycles. The second-order valence-corrected chi connectivity index (χ2v) is 6.23. The first-order valence-electron chi connectivity index (χ1n) is 7.29. The van der Waals surface area contributed by atoms with Gasteiger partial charge in [0.05, 0.1) is 6.61 Å². The molecule has 1 aliphatic heterocycles. The van der Waals surface area contributed by atoms with Crippen LogP contribution in [0, 0.1) is 5.41 Å². The number of nitrogens with zero attached hydrogens (tertiary/aromatic N) is 1. The summed E-state index contributed by atoms with van der Waals surface area (Å²) in [4.78, 5) is 2.36. The molecular weight excluding hydrogens is 318 g/mol. The summed E-state index contributed by atoms with van der Waals surface area (Å²) in [5.41, 5.74) is 1.58. The fraction of sp³-hybridized carbons (Fsp3) is 0.625. The number of rotatable bonds is 7. The second-order valence-electron chi connectivity index (χ2n) is 5.67. The van der Waals surface area contributed by atoms with E-state index in [1.807, 2.05) is 6.07 Å².